The molecule has 0 amide bonds. The highest BCUT2D eigenvalue weighted by atomic mass is 32.2. The van der Waals surface area contributed by atoms with Crippen LogP contribution in [-0.2, 0) is 10.0 Å². The number of anilines is 1. The van der Waals surface area contributed by atoms with Crippen LogP contribution in [-0.4, -0.2) is 25.8 Å². The van der Waals surface area contributed by atoms with E-state index in [0.29, 0.717) is 13.1 Å². The number of nitrogens with two attached hydrogens (primary N) is 1. The third kappa shape index (κ3) is 4.41. The summed E-state index contributed by atoms with van der Waals surface area (Å²) in [5.41, 5.74) is 6.12. The third-order valence-electron chi connectivity index (χ3n) is 3.13. The van der Waals surface area contributed by atoms with Gasteiger partial charge in [-0.1, -0.05) is 27.7 Å². The van der Waals surface area contributed by atoms with Gasteiger partial charge in [-0.25, -0.2) is 12.8 Å². The van der Waals surface area contributed by atoms with Crippen LogP contribution >= 0.6 is 0 Å². The number of nitrogens with zero attached hydrogens (tertiary/aromatic N) is 1. The van der Waals surface area contributed by atoms with Crippen molar-refractivity contribution in [2.75, 3.05) is 18.8 Å². The van der Waals surface area contributed by atoms with E-state index in [0.717, 1.165) is 6.07 Å². The Bertz CT molecular complexity index is 565. The average molecular weight is 316 g/mol. The molecule has 0 aliphatic rings. The first-order chi connectivity index (χ1) is 9.55. The summed E-state index contributed by atoms with van der Waals surface area (Å²) < 4.78 is 40.7. The van der Waals surface area contributed by atoms with Gasteiger partial charge in [0.2, 0.25) is 10.0 Å². The lowest BCUT2D eigenvalue weighted by Gasteiger charge is -2.26. The molecule has 0 aliphatic heterocycles. The zero-order valence-electron chi connectivity index (χ0n) is 13.4. The molecular formula is C15H25FN2O2S. The summed E-state index contributed by atoms with van der Waals surface area (Å²) in [7, 11) is -3.74. The molecule has 0 radical (unpaired) electrons. The summed E-state index contributed by atoms with van der Waals surface area (Å²) in [6.07, 6.45) is 0. The molecule has 1 aromatic rings. The van der Waals surface area contributed by atoms with Crippen LogP contribution in [0.5, 0.6) is 0 Å². The second-order valence-electron chi connectivity index (χ2n) is 6.23. The van der Waals surface area contributed by atoms with E-state index in [4.69, 9.17) is 5.73 Å². The molecule has 4 nitrogen and oxygen atoms in total. The van der Waals surface area contributed by atoms with Crippen LogP contribution in [0.4, 0.5) is 10.1 Å². The predicted octanol–water partition coefficient (Wildman–Crippen LogP) is 3.02. The van der Waals surface area contributed by atoms with Gasteiger partial charge in [0.15, 0.2) is 0 Å². The minimum Gasteiger partial charge on any atom is -0.398 e. The highest BCUT2D eigenvalue weighted by Gasteiger charge is 2.27. The van der Waals surface area contributed by atoms with Crippen LogP contribution in [0.15, 0.2) is 17.0 Å². The van der Waals surface area contributed by atoms with Crippen LogP contribution in [0.3, 0.4) is 0 Å². The fourth-order valence-electron chi connectivity index (χ4n) is 2.06. The first kappa shape index (κ1) is 17.9. The normalized spacial score (nSPS) is 12.6. The van der Waals surface area contributed by atoms with Gasteiger partial charge in [-0.05, 0) is 30.9 Å². The molecule has 0 heterocycles. The van der Waals surface area contributed by atoms with Gasteiger partial charge in [0, 0.05) is 24.3 Å². The van der Waals surface area contributed by atoms with Crippen LogP contribution < -0.4 is 5.73 Å². The van der Waals surface area contributed by atoms with E-state index in [9.17, 15) is 12.8 Å². The van der Waals surface area contributed by atoms with Crippen molar-refractivity contribution >= 4 is 15.7 Å². The first-order valence-corrected chi connectivity index (χ1v) is 8.55. The number of hydrogen-bond donors (Lipinski definition) is 1. The summed E-state index contributed by atoms with van der Waals surface area (Å²) in [6.45, 7) is 10.1. The molecule has 0 aromatic heterocycles. The lowest BCUT2D eigenvalue weighted by atomic mass is 10.2. The molecule has 1 aromatic carbocycles. The van der Waals surface area contributed by atoms with E-state index in [2.05, 4.69) is 0 Å². The molecular weight excluding hydrogens is 291 g/mol. The molecule has 0 bridgehead atoms. The van der Waals surface area contributed by atoms with Gasteiger partial charge in [0.1, 0.15) is 5.82 Å². The molecule has 21 heavy (non-hydrogen) atoms. The van der Waals surface area contributed by atoms with E-state index in [-0.39, 0.29) is 28.0 Å². The SMILES string of the molecule is Cc1c(N)cc(S(=O)(=O)N(CC(C)C)CC(C)C)cc1F. The highest BCUT2D eigenvalue weighted by molar-refractivity contribution is 7.89. The molecule has 120 valence electrons. The summed E-state index contributed by atoms with van der Waals surface area (Å²) in [6, 6.07) is 2.39. The van der Waals surface area contributed by atoms with E-state index in [1.807, 2.05) is 27.7 Å². The lowest BCUT2D eigenvalue weighted by molar-refractivity contribution is 0.333. The monoisotopic (exact) mass is 316 g/mol. The van der Waals surface area contributed by atoms with Crippen molar-refractivity contribution in [2.45, 2.75) is 39.5 Å². The zero-order chi connectivity index (χ0) is 16.4. The second kappa shape index (κ2) is 6.75. The number of nitrogen functional groups attached to an aromatic ring is 1. The van der Waals surface area contributed by atoms with Crippen LogP contribution in [0.2, 0.25) is 0 Å². The Hall–Kier alpha value is -1.14. The minimum absolute atomic E-state index is 0.0793. The molecule has 6 heteroatoms. The van der Waals surface area contributed by atoms with Gasteiger partial charge < -0.3 is 5.73 Å². The van der Waals surface area contributed by atoms with E-state index < -0.39 is 15.8 Å². The number of rotatable bonds is 6. The van der Waals surface area contributed by atoms with Crippen molar-refractivity contribution in [1.29, 1.82) is 0 Å². The van der Waals surface area contributed by atoms with E-state index in [1.165, 1.54) is 17.3 Å². The largest absolute Gasteiger partial charge is 0.398 e. The molecule has 1 rings (SSSR count). The zero-order valence-corrected chi connectivity index (χ0v) is 14.2. The minimum atomic E-state index is -3.74. The summed E-state index contributed by atoms with van der Waals surface area (Å²) in [4.78, 5) is -0.0793. The lowest BCUT2D eigenvalue weighted by Crippen LogP contribution is -2.37. The molecule has 0 fully saturated rings. The van der Waals surface area contributed by atoms with Crippen molar-refractivity contribution in [3.8, 4) is 0 Å². The van der Waals surface area contributed by atoms with Crippen molar-refractivity contribution < 1.29 is 12.8 Å². The fourth-order valence-corrected chi connectivity index (χ4v) is 3.87. The Balaban J connectivity index is 3.28. The molecule has 0 unspecified atom stereocenters. The van der Waals surface area contributed by atoms with Crippen molar-refractivity contribution in [2.24, 2.45) is 11.8 Å². The summed E-state index contributed by atoms with van der Waals surface area (Å²) >= 11 is 0. The molecule has 0 aliphatic carbocycles. The van der Waals surface area contributed by atoms with E-state index >= 15 is 0 Å². The van der Waals surface area contributed by atoms with Crippen LogP contribution in [0.1, 0.15) is 33.3 Å². The van der Waals surface area contributed by atoms with Gasteiger partial charge in [-0.2, -0.15) is 4.31 Å². The van der Waals surface area contributed by atoms with Gasteiger partial charge in [-0.3, -0.25) is 0 Å². The maximum Gasteiger partial charge on any atom is 0.243 e. The Morgan fingerprint density at radius 3 is 2.00 bits per heavy atom. The molecule has 2 N–H and O–H groups in total. The third-order valence-corrected chi connectivity index (χ3v) is 4.94. The second-order valence-corrected chi connectivity index (χ2v) is 8.17. The van der Waals surface area contributed by atoms with Gasteiger partial charge in [-0.15, -0.1) is 0 Å². The molecule has 0 saturated heterocycles. The molecule has 0 spiro atoms. The summed E-state index contributed by atoms with van der Waals surface area (Å²) in [5, 5.41) is 0. The Kier molecular flexibility index (Phi) is 5.75. The molecule has 0 atom stereocenters. The Morgan fingerprint density at radius 1 is 1.14 bits per heavy atom. The van der Waals surface area contributed by atoms with Crippen molar-refractivity contribution in [1.82, 2.24) is 4.31 Å². The highest BCUT2D eigenvalue weighted by Crippen LogP contribution is 2.24. The topological polar surface area (TPSA) is 63.4 Å². The van der Waals surface area contributed by atoms with Gasteiger partial charge in [0.25, 0.3) is 0 Å². The average Bonchev–Trinajstić information content (AvgIpc) is 2.33. The number of sulfonamides is 1. The van der Waals surface area contributed by atoms with Crippen molar-refractivity contribution in [3.05, 3.63) is 23.5 Å². The first-order valence-electron chi connectivity index (χ1n) is 7.11. The quantitative estimate of drug-likeness (QED) is 0.821. The maximum absolute atomic E-state index is 13.8. The number of hydrogen-bond acceptors (Lipinski definition) is 3. The smallest absolute Gasteiger partial charge is 0.243 e. The van der Waals surface area contributed by atoms with Gasteiger partial charge in [0.05, 0.1) is 4.90 Å². The standard InChI is InChI=1S/C15H25FN2O2S/c1-10(2)8-18(9-11(3)4)21(19,20)13-6-14(16)12(5)15(17)7-13/h6-7,10-11H,8-9,17H2,1-5H3. The van der Waals surface area contributed by atoms with Crippen LogP contribution in [0, 0.1) is 24.6 Å². The van der Waals surface area contributed by atoms with Crippen LogP contribution in [0.25, 0.3) is 0 Å². The predicted molar refractivity (Wildman–Crippen MR) is 84.0 cm³/mol. The number of benzene rings is 1. The van der Waals surface area contributed by atoms with Crippen molar-refractivity contribution in [3.63, 3.8) is 0 Å². The molecule has 0 saturated carbocycles. The Labute approximate surface area is 127 Å². The van der Waals surface area contributed by atoms with E-state index in [1.54, 1.807) is 0 Å². The Morgan fingerprint density at radius 2 is 1.62 bits per heavy atom. The van der Waals surface area contributed by atoms with Gasteiger partial charge >= 0.3 is 0 Å². The number of halogens is 1. The summed E-state index contributed by atoms with van der Waals surface area (Å²) in [5.74, 6) is -0.222. The maximum atomic E-state index is 13.8. The fraction of sp³-hybridized carbons (Fsp3) is 0.600.